The number of carbonyl (C=O) groups excluding carboxylic acids is 4. The molecule has 0 radical (unpaired) electrons. The minimum absolute atomic E-state index is 0.0609. The number of nitrogens with one attached hydrogen (secondary N) is 2. The number of hydrogen-bond acceptors (Lipinski definition) is 5. The molecule has 0 aromatic heterocycles. The molecule has 4 amide bonds. The molecule has 0 spiro atoms. The lowest BCUT2D eigenvalue weighted by molar-refractivity contribution is -0.157. The van der Waals surface area contributed by atoms with E-state index in [2.05, 4.69) is 10.6 Å². The molecule has 0 bridgehead atoms. The second kappa shape index (κ2) is 8.48. The maximum atomic E-state index is 12.0. The molecule has 1 fully saturated rings. The van der Waals surface area contributed by atoms with Crippen LogP contribution in [-0.4, -0.2) is 54.5 Å². The lowest BCUT2D eigenvalue weighted by Crippen LogP contribution is -2.42. The van der Waals surface area contributed by atoms with E-state index in [-0.39, 0.29) is 25.4 Å². The van der Waals surface area contributed by atoms with Crippen LogP contribution in [0.4, 0.5) is 4.79 Å². The molecule has 2 rings (SSSR count). The van der Waals surface area contributed by atoms with Crippen LogP contribution < -0.4 is 10.6 Å². The number of esters is 1. The molecule has 1 saturated heterocycles. The van der Waals surface area contributed by atoms with Gasteiger partial charge in [0.25, 0.3) is 11.8 Å². The molecule has 2 N–H and O–H groups in total. The normalized spacial score (nSPS) is 14.6. The molecular weight excluding hydrogens is 350 g/mol. The van der Waals surface area contributed by atoms with Gasteiger partial charge in [0.15, 0.2) is 6.10 Å². The van der Waals surface area contributed by atoms with Gasteiger partial charge in [-0.15, -0.1) is 0 Å². The summed E-state index contributed by atoms with van der Waals surface area (Å²) in [4.78, 5) is 48.0. The Morgan fingerprint density at radius 2 is 2.00 bits per heavy atom. The second-order valence-corrected chi connectivity index (χ2v) is 5.80. The lowest BCUT2D eigenvalue weighted by atomic mass is 10.2. The Kier molecular flexibility index (Phi) is 6.35. The topological polar surface area (TPSA) is 105 Å². The van der Waals surface area contributed by atoms with E-state index in [4.69, 9.17) is 16.3 Å². The van der Waals surface area contributed by atoms with E-state index in [1.165, 1.54) is 6.92 Å². The fourth-order valence-corrected chi connectivity index (χ4v) is 2.32. The number of benzene rings is 1. The molecule has 134 valence electrons. The minimum Gasteiger partial charge on any atom is -0.452 e. The van der Waals surface area contributed by atoms with E-state index in [1.807, 2.05) is 0 Å². The van der Waals surface area contributed by atoms with Crippen LogP contribution >= 0.6 is 11.6 Å². The molecule has 1 aromatic rings. The van der Waals surface area contributed by atoms with Crippen molar-refractivity contribution in [1.29, 1.82) is 0 Å². The lowest BCUT2D eigenvalue weighted by Gasteiger charge is -2.18. The van der Waals surface area contributed by atoms with Crippen LogP contribution in [0.25, 0.3) is 0 Å². The summed E-state index contributed by atoms with van der Waals surface area (Å²) in [6.07, 6.45) is -1.16. The smallest absolute Gasteiger partial charge is 0.324 e. The van der Waals surface area contributed by atoms with Gasteiger partial charge in [0.05, 0.1) is 6.42 Å². The number of carbonyl (C=O) groups is 4. The van der Waals surface area contributed by atoms with Crippen LogP contribution in [0.1, 0.15) is 23.7 Å². The number of nitrogens with zero attached hydrogens (tertiary/aromatic N) is 1. The van der Waals surface area contributed by atoms with Gasteiger partial charge < -0.3 is 15.4 Å². The molecular formula is C16H18ClN3O5. The zero-order chi connectivity index (χ0) is 18.4. The largest absolute Gasteiger partial charge is 0.452 e. The van der Waals surface area contributed by atoms with Crippen LogP contribution in [-0.2, 0) is 14.3 Å². The molecule has 0 saturated carbocycles. The molecule has 9 heteroatoms. The molecule has 1 aromatic carbocycles. The number of halogens is 1. The molecule has 1 atom stereocenters. The van der Waals surface area contributed by atoms with Gasteiger partial charge in [0.2, 0.25) is 0 Å². The zero-order valence-corrected chi connectivity index (χ0v) is 14.3. The standard InChI is InChI=1S/C16H18ClN3O5/c1-10(15(23)20-9-8-19-16(20)24)25-13(21)6-7-18-14(22)11-2-4-12(17)5-3-11/h2-5,10H,6-9H2,1H3,(H,18,22)(H,19,24)/t10-/m0/s1. The van der Waals surface area contributed by atoms with Crippen molar-refractivity contribution < 1.29 is 23.9 Å². The Balaban J connectivity index is 1.73. The highest BCUT2D eigenvalue weighted by Gasteiger charge is 2.31. The molecule has 1 heterocycles. The Bertz CT molecular complexity index is 677. The van der Waals surface area contributed by atoms with Gasteiger partial charge in [-0.3, -0.25) is 19.3 Å². The Morgan fingerprint density at radius 3 is 2.60 bits per heavy atom. The van der Waals surface area contributed by atoms with Crippen molar-refractivity contribution in [2.24, 2.45) is 0 Å². The summed E-state index contributed by atoms with van der Waals surface area (Å²) in [6, 6.07) is 5.82. The fraction of sp³-hybridized carbons (Fsp3) is 0.375. The fourth-order valence-electron chi connectivity index (χ4n) is 2.19. The van der Waals surface area contributed by atoms with Gasteiger partial charge in [-0.25, -0.2) is 4.79 Å². The van der Waals surface area contributed by atoms with Gasteiger partial charge in [-0.05, 0) is 31.2 Å². The number of urea groups is 1. The van der Waals surface area contributed by atoms with Gasteiger partial charge in [0.1, 0.15) is 0 Å². The van der Waals surface area contributed by atoms with Gasteiger partial charge >= 0.3 is 12.0 Å². The van der Waals surface area contributed by atoms with E-state index in [0.29, 0.717) is 17.1 Å². The van der Waals surface area contributed by atoms with Crippen LogP contribution in [0.15, 0.2) is 24.3 Å². The first-order valence-electron chi connectivity index (χ1n) is 7.71. The monoisotopic (exact) mass is 367 g/mol. The third-order valence-electron chi connectivity index (χ3n) is 3.50. The maximum absolute atomic E-state index is 12.0. The number of imide groups is 1. The summed E-state index contributed by atoms with van der Waals surface area (Å²) in [5.74, 6) is -1.56. The van der Waals surface area contributed by atoms with Crippen LogP contribution in [0.2, 0.25) is 5.02 Å². The highest BCUT2D eigenvalue weighted by molar-refractivity contribution is 6.30. The minimum atomic E-state index is -1.07. The van der Waals surface area contributed by atoms with Crippen molar-refractivity contribution in [3.8, 4) is 0 Å². The van der Waals surface area contributed by atoms with Crippen LogP contribution in [0.5, 0.6) is 0 Å². The summed E-state index contributed by atoms with van der Waals surface area (Å²) < 4.78 is 5.00. The molecule has 1 aliphatic heterocycles. The number of hydrogen-bond donors (Lipinski definition) is 2. The van der Waals surface area contributed by atoms with E-state index in [1.54, 1.807) is 24.3 Å². The number of rotatable bonds is 6. The first-order valence-corrected chi connectivity index (χ1v) is 8.08. The van der Waals surface area contributed by atoms with E-state index < -0.39 is 24.0 Å². The summed E-state index contributed by atoms with van der Waals surface area (Å²) in [6.45, 7) is 2.09. The SMILES string of the molecule is C[C@H](OC(=O)CCNC(=O)c1ccc(Cl)cc1)C(=O)N1CCNC1=O. The number of amides is 4. The highest BCUT2D eigenvalue weighted by atomic mass is 35.5. The predicted octanol–water partition coefficient (Wildman–Crippen LogP) is 0.943. The molecule has 0 unspecified atom stereocenters. The quantitative estimate of drug-likeness (QED) is 0.728. The third kappa shape index (κ3) is 5.18. The highest BCUT2D eigenvalue weighted by Crippen LogP contribution is 2.09. The van der Waals surface area contributed by atoms with Crippen molar-refractivity contribution >= 4 is 35.4 Å². The Hall–Kier alpha value is -2.61. The van der Waals surface area contributed by atoms with Gasteiger partial charge in [0, 0.05) is 30.2 Å². The van der Waals surface area contributed by atoms with E-state index in [9.17, 15) is 19.2 Å². The van der Waals surface area contributed by atoms with Gasteiger partial charge in [-0.2, -0.15) is 0 Å². The molecule has 25 heavy (non-hydrogen) atoms. The summed E-state index contributed by atoms with van der Waals surface area (Å²) in [5.41, 5.74) is 0.418. The summed E-state index contributed by atoms with van der Waals surface area (Å²) >= 11 is 5.74. The van der Waals surface area contributed by atoms with Crippen molar-refractivity contribution in [2.75, 3.05) is 19.6 Å². The average molecular weight is 368 g/mol. The Labute approximate surface area is 149 Å². The third-order valence-corrected chi connectivity index (χ3v) is 3.75. The first-order chi connectivity index (χ1) is 11.9. The second-order valence-electron chi connectivity index (χ2n) is 5.37. The van der Waals surface area contributed by atoms with Crippen LogP contribution in [0.3, 0.4) is 0 Å². The summed E-state index contributed by atoms with van der Waals surface area (Å²) in [7, 11) is 0. The van der Waals surface area contributed by atoms with Gasteiger partial charge in [-0.1, -0.05) is 11.6 Å². The van der Waals surface area contributed by atoms with Crippen LogP contribution in [0, 0.1) is 0 Å². The van der Waals surface area contributed by atoms with Crippen molar-refractivity contribution in [3.63, 3.8) is 0 Å². The van der Waals surface area contributed by atoms with E-state index >= 15 is 0 Å². The summed E-state index contributed by atoms with van der Waals surface area (Å²) in [5, 5.41) is 5.58. The predicted molar refractivity (Wildman–Crippen MR) is 89.1 cm³/mol. The van der Waals surface area contributed by atoms with Crippen molar-refractivity contribution in [3.05, 3.63) is 34.9 Å². The van der Waals surface area contributed by atoms with Crippen molar-refractivity contribution in [2.45, 2.75) is 19.4 Å². The molecule has 8 nitrogen and oxygen atoms in total. The molecule has 1 aliphatic rings. The average Bonchev–Trinajstić information content (AvgIpc) is 3.00. The first kappa shape index (κ1) is 18.7. The van der Waals surface area contributed by atoms with E-state index in [0.717, 1.165) is 4.90 Å². The molecule has 0 aliphatic carbocycles. The zero-order valence-electron chi connectivity index (χ0n) is 13.6. The van der Waals surface area contributed by atoms with Crippen molar-refractivity contribution in [1.82, 2.24) is 15.5 Å². The maximum Gasteiger partial charge on any atom is 0.324 e. The Morgan fingerprint density at radius 1 is 1.32 bits per heavy atom. The number of ether oxygens (including phenoxy) is 1.